The van der Waals surface area contributed by atoms with E-state index < -0.39 is 10.8 Å². The van der Waals surface area contributed by atoms with Crippen molar-refractivity contribution in [1.29, 1.82) is 0 Å². The van der Waals surface area contributed by atoms with Crippen molar-refractivity contribution < 1.29 is 9.72 Å². The lowest BCUT2D eigenvalue weighted by Crippen LogP contribution is -2.13. The van der Waals surface area contributed by atoms with Crippen molar-refractivity contribution in [3.8, 4) is 0 Å². The van der Waals surface area contributed by atoms with Crippen LogP contribution in [0.25, 0.3) is 0 Å². The fourth-order valence-electron chi connectivity index (χ4n) is 1.81. The molecule has 0 aliphatic heterocycles. The molecule has 0 spiro atoms. The third-order valence-corrected chi connectivity index (χ3v) is 3.83. The number of nitro benzene ring substituents is 1. The maximum atomic E-state index is 11.1. The highest BCUT2D eigenvalue weighted by Gasteiger charge is 2.15. The Labute approximate surface area is 125 Å². The van der Waals surface area contributed by atoms with Crippen molar-refractivity contribution in [3.63, 3.8) is 0 Å². The molecule has 8 heteroatoms. The molecule has 21 heavy (non-hydrogen) atoms. The molecule has 1 aromatic carbocycles. The van der Waals surface area contributed by atoms with E-state index in [4.69, 9.17) is 5.73 Å². The first-order chi connectivity index (χ1) is 9.97. The van der Waals surface area contributed by atoms with Gasteiger partial charge in [-0.05, 0) is 19.1 Å². The van der Waals surface area contributed by atoms with Gasteiger partial charge in [0.25, 0.3) is 5.69 Å². The van der Waals surface area contributed by atoms with Crippen molar-refractivity contribution in [3.05, 3.63) is 50.0 Å². The average molecular weight is 306 g/mol. The Bertz CT molecular complexity index is 684. The minimum Gasteiger partial charge on any atom is -0.379 e. The molecule has 1 heterocycles. The standard InChI is InChI=1S/C13H14N4O3S/c1-8-7-21-12(16-8)4-5-15-10-6-9(13(14)18)2-3-11(10)17(19)20/h2-3,6-7,15H,4-5H2,1H3,(H2,14,18). The molecule has 7 nitrogen and oxygen atoms in total. The topological polar surface area (TPSA) is 111 Å². The zero-order valence-corrected chi connectivity index (χ0v) is 12.1. The normalized spacial score (nSPS) is 10.3. The van der Waals surface area contributed by atoms with E-state index in [0.717, 1.165) is 10.7 Å². The molecule has 3 N–H and O–H groups in total. The predicted molar refractivity (Wildman–Crippen MR) is 80.7 cm³/mol. The Morgan fingerprint density at radius 1 is 1.52 bits per heavy atom. The van der Waals surface area contributed by atoms with Crippen molar-refractivity contribution in [2.24, 2.45) is 5.73 Å². The smallest absolute Gasteiger partial charge is 0.292 e. The van der Waals surface area contributed by atoms with E-state index in [2.05, 4.69) is 10.3 Å². The van der Waals surface area contributed by atoms with Gasteiger partial charge in [0.2, 0.25) is 5.91 Å². The lowest BCUT2D eigenvalue weighted by atomic mass is 10.1. The molecule has 110 valence electrons. The van der Waals surface area contributed by atoms with Crippen LogP contribution < -0.4 is 11.1 Å². The van der Waals surface area contributed by atoms with Gasteiger partial charge >= 0.3 is 0 Å². The highest BCUT2D eigenvalue weighted by atomic mass is 32.1. The van der Waals surface area contributed by atoms with E-state index in [1.54, 1.807) is 11.3 Å². The number of hydrogen-bond donors (Lipinski definition) is 2. The molecule has 0 saturated heterocycles. The second-order valence-electron chi connectivity index (χ2n) is 4.41. The van der Waals surface area contributed by atoms with Crippen LogP contribution >= 0.6 is 11.3 Å². The number of carbonyl (C=O) groups excluding carboxylic acids is 1. The number of rotatable bonds is 6. The van der Waals surface area contributed by atoms with E-state index >= 15 is 0 Å². The maximum Gasteiger partial charge on any atom is 0.292 e. The first-order valence-electron chi connectivity index (χ1n) is 6.20. The molecular weight excluding hydrogens is 292 g/mol. The number of carbonyl (C=O) groups is 1. The Balaban J connectivity index is 2.11. The van der Waals surface area contributed by atoms with Gasteiger partial charge in [-0.25, -0.2) is 4.98 Å². The van der Waals surface area contributed by atoms with Crippen molar-refractivity contribution in [2.45, 2.75) is 13.3 Å². The summed E-state index contributed by atoms with van der Waals surface area (Å²) in [5.74, 6) is -0.622. The average Bonchev–Trinajstić information content (AvgIpc) is 2.84. The van der Waals surface area contributed by atoms with Crippen LogP contribution in [0, 0.1) is 17.0 Å². The molecule has 0 aliphatic carbocycles. The van der Waals surface area contributed by atoms with Gasteiger partial charge in [0.15, 0.2) is 0 Å². The lowest BCUT2D eigenvalue weighted by Gasteiger charge is -2.07. The lowest BCUT2D eigenvalue weighted by molar-refractivity contribution is -0.384. The maximum absolute atomic E-state index is 11.1. The number of thiazole rings is 1. The fourth-order valence-corrected chi connectivity index (χ4v) is 2.59. The van der Waals surface area contributed by atoms with Crippen LogP contribution in [-0.2, 0) is 6.42 Å². The monoisotopic (exact) mass is 306 g/mol. The quantitative estimate of drug-likeness (QED) is 0.627. The third-order valence-electron chi connectivity index (χ3n) is 2.80. The van der Waals surface area contributed by atoms with Gasteiger partial charge in [0.05, 0.1) is 9.93 Å². The van der Waals surface area contributed by atoms with Crippen LogP contribution in [0.15, 0.2) is 23.6 Å². The summed E-state index contributed by atoms with van der Waals surface area (Å²) in [6.45, 7) is 2.39. The molecular formula is C13H14N4O3S. The summed E-state index contributed by atoms with van der Waals surface area (Å²) in [6, 6.07) is 4.01. The van der Waals surface area contributed by atoms with Gasteiger partial charge < -0.3 is 11.1 Å². The van der Waals surface area contributed by atoms with Crippen LogP contribution in [-0.4, -0.2) is 22.4 Å². The number of benzene rings is 1. The number of nitrogens with two attached hydrogens (primary N) is 1. The molecule has 2 rings (SSSR count). The van der Waals surface area contributed by atoms with Crippen LogP contribution in [0.2, 0.25) is 0 Å². The first kappa shape index (κ1) is 14.9. The molecule has 0 bridgehead atoms. The zero-order chi connectivity index (χ0) is 15.4. The number of nitro groups is 1. The Hall–Kier alpha value is -2.48. The van der Waals surface area contributed by atoms with Crippen LogP contribution in [0.1, 0.15) is 21.1 Å². The third kappa shape index (κ3) is 3.76. The second-order valence-corrected chi connectivity index (χ2v) is 5.36. The van der Waals surface area contributed by atoms with Gasteiger partial charge in [-0.1, -0.05) is 0 Å². The summed E-state index contributed by atoms with van der Waals surface area (Å²) in [7, 11) is 0. The van der Waals surface area contributed by atoms with Crippen LogP contribution in [0.4, 0.5) is 11.4 Å². The van der Waals surface area contributed by atoms with E-state index in [1.807, 2.05) is 12.3 Å². The molecule has 0 aliphatic rings. The fraction of sp³-hybridized carbons (Fsp3) is 0.231. The molecule has 2 aromatic rings. The van der Waals surface area contributed by atoms with Gasteiger partial charge in [0.1, 0.15) is 5.69 Å². The Morgan fingerprint density at radius 3 is 2.86 bits per heavy atom. The molecule has 1 aromatic heterocycles. The van der Waals surface area contributed by atoms with Crippen LogP contribution in [0.5, 0.6) is 0 Å². The van der Waals surface area contributed by atoms with Crippen molar-refractivity contribution in [1.82, 2.24) is 4.98 Å². The van der Waals surface area contributed by atoms with E-state index in [0.29, 0.717) is 13.0 Å². The van der Waals surface area contributed by atoms with Gasteiger partial charge in [0, 0.05) is 35.7 Å². The minimum atomic E-state index is -0.622. The SMILES string of the molecule is Cc1csc(CCNc2cc(C(N)=O)ccc2[N+](=O)[O-])n1. The number of nitrogens with zero attached hydrogens (tertiary/aromatic N) is 2. The second kappa shape index (κ2) is 6.31. The summed E-state index contributed by atoms with van der Waals surface area (Å²) >= 11 is 1.54. The zero-order valence-electron chi connectivity index (χ0n) is 11.3. The Morgan fingerprint density at radius 2 is 2.29 bits per heavy atom. The molecule has 1 amide bonds. The minimum absolute atomic E-state index is 0.0877. The van der Waals surface area contributed by atoms with E-state index in [1.165, 1.54) is 18.2 Å². The summed E-state index contributed by atoms with van der Waals surface area (Å²) in [5.41, 5.74) is 6.57. The molecule has 0 radical (unpaired) electrons. The Kier molecular flexibility index (Phi) is 4.49. The summed E-state index contributed by atoms with van der Waals surface area (Å²) in [5, 5.41) is 16.8. The number of nitrogens with one attached hydrogen (secondary N) is 1. The number of hydrogen-bond acceptors (Lipinski definition) is 6. The van der Waals surface area contributed by atoms with Crippen molar-refractivity contribution in [2.75, 3.05) is 11.9 Å². The van der Waals surface area contributed by atoms with Gasteiger partial charge in [-0.3, -0.25) is 14.9 Å². The number of aryl methyl sites for hydroxylation is 1. The highest BCUT2D eigenvalue weighted by molar-refractivity contribution is 7.09. The predicted octanol–water partition coefficient (Wildman–Crippen LogP) is 2.11. The van der Waals surface area contributed by atoms with E-state index in [9.17, 15) is 14.9 Å². The molecule has 0 atom stereocenters. The number of primary amides is 1. The highest BCUT2D eigenvalue weighted by Crippen LogP contribution is 2.25. The summed E-state index contributed by atoms with van der Waals surface area (Å²) in [4.78, 5) is 25.9. The number of aromatic nitrogens is 1. The number of amides is 1. The summed E-state index contributed by atoms with van der Waals surface area (Å²) in [6.07, 6.45) is 0.649. The largest absolute Gasteiger partial charge is 0.379 e. The van der Waals surface area contributed by atoms with Crippen LogP contribution in [0.3, 0.4) is 0 Å². The molecule has 0 saturated carbocycles. The van der Waals surface area contributed by atoms with Gasteiger partial charge in [-0.15, -0.1) is 11.3 Å². The molecule has 0 unspecified atom stereocenters. The van der Waals surface area contributed by atoms with Gasteiger partial charge in [-0.2, -0.15) is 0 Å². The van der Waals surface area contributed by atoms with Crippen molar-refractivity contribution >= 4 is 28.6 Å². The number of anilines is 1. The first-order valence-corrected chi connectivity index (χ1v) is 7.08. The molecule has 0 fully saturated rings. The summed E-state index contributed by atoms with van der Waals surface area (Å²) < 4.78 is 0. The van der Waals surface area contributed by atoms with E-state index in [-0.39, 0.29) is 16.9 Å².